The zero-order valence-corrected chi connectivity index (χ0v) is 14.9. The predicted octanol–water partition coefficient (Wildman–Crippen LogP) is 4.19. The minimum atomic E-state index is -0.430. The van der Waals surface area contributed by atoms with E-state index in [0.29, 0.717) is 28.1 Å². The van der Waals surface area contributed by atoms with Crippen molar-refractivity contribution < 1.29 is 18.8 Å². The zero-order valence-electron chi connectivity index (χ0n) is 14.9. The fraction of sp³-hybridized carbons (Fsp3) is 0.0455. The Morgan fingerprint density at radius 3 is 2.11 bits per heavy atom. The van der Waals surface area contributed by atoms with Crippen molar-refractivity contribution in [1.29, 1.82) is 0 Å². The molecular formula is C22H15FN2O3. The van der Waals surface area contributed by atoms with Crippen molar-refractivity contribution in [2.24, 2.45) is 0 Å². The van der Waals surface area contributed by atoms with Crippen LogP contribution in [-0.4, -0.2) is 17.7 Å². The second-order valence-electron chi connectivity index (χ2n) is 6.45. The number of carbonyl (C=O) groups is 3. The molecule has 0 fully saturated rings. The number of amides is 3. The van der Waals surface area contributed by atoms with Crippen molar-refractivity contribution >= 4 is 29.1 Å². The highest BCUT2D eigenvalue weighted by Gasteiger charge is 2.36. The van der Waals surface area contributed by atoms with Gasteiger partial charge in [0.25, 0.3) is 17.7 Å². The number of benzene rings is 3. The summed E-state index contributed by atoms with van der Waals surface area (Å²) in [5, 5.41) is 2.75. The molecule has 0 aliphatic carbocycles. The lowest BCUT2D eigenvalue weighted by Crippen LogP contribution is -2.29. The number of nitrogens with zero attached hydrogens (tertiary/aromatic N) is 1. The number of fused-ring (bicyclic) bond motifs is 1. The Hall–Kier alpha value is -3.80. The summed E-state index contributed by atoms with van der Waals surface area (Å²) in [6, 6.07) is 16.8. The number of nitrogens with one attached hydrogen (secondary N) is 1. The van der Waals surface area contributed by atoms with Crippen molar-refractivity contribution in [2.45, 2.75) is 6.92 Å². The van der Waals surface area contributed by atoms with Gasteiger partial charge in [-0.05, 0) is 61.0 Å². The molecule has 1 aliphatic rings. The van der Waals surface area contributed by atoms with Crippen molar-refractivity contribution in [3.63, 3.8) is 0 Å². The second kappa shape index (κ2) is 6.74. The molecule has 0 radical (unpaired) electrons. The van der Waals surface area contributed by atoms with Gasteiger partial charge < -0.3 is 5.32 Å². The monoisotopic (exact) mass is 374 g/mol. The first kappa shape index (κ1) is 17.6. The molecule has 3 aromatic rings. The molecule has 28 heavy (non-hydrogen) atoms. The summed E-state index contributed by atoms with van der Waals surface area (Å²) < 4.78 is 13.1. The van der Waals surface area contributed by atoms with Gasteiger partial charge in [-0.2, -0.15) is 0 Å². The standard InChI is InChI=1S/C22H15FN2O3/c1-13-6-11-16(25-21(27)17-4-2-3-5-18(17)22(25)28)12-19(13)24-20(26)14-7-9-15(23)10-8-14/h2-12H,1H3,(H,24,26). The van der Waals surface area contributed by atoms with Gasteiger partial charge in [0.2, 0.25) is 0 Å². The normalized spacial score (nSPS) is 12.9. The van der Waals surface area contributed by atoms with E-state index in [-0.39, 0.29) is 0 Å². The number of rotatable bonds is 3. The smallest absolute Gasteiger partial charge is 0.266 e. The molecule has 0 unspecified atom stereocenters. The van der Waals surface area contributed by atoms with E-state index < -0.39 is 23.5 Å². The lowest BCUT2D eigenvalue weighted by atomic mass is 10.1. The highest BCUT2D eigenvalue weighted by molar-refractivity contribution is 6.34. The number of imide groups is 1. The highest BCUT2D eigenvalue weighted by atomic mass is 19.1. The van der Waals surface area contributed by atoms with Crippen LogP contribution in [0.15, 0.2) is 66.7 Å². The third-order valence-electron chi connectivity index (χ3n) is 4.63. The molecule has 1 aliphatic heterocycles. The molecule has 1 heterocycles. The number of halogens is 1. The SMILES string of the molecule is Cc1ccc(N2C(=O)c3ccccc3C2=O)cc1NC(=O)c1ccc(F)cc1. The number of hydrogen-bond acceptors (Lipinski definition) is 3. The fourth-order valence-corrected chi connectivity index (χ4v) is 3.10. The maximum atomic E-state index is 13.1. The van der Waals surface area contributed by atoms with Gasteiger partial charge in [0.15, 0.2) is 0 Å². The minimum Gasteiger partial charge on any atom is -0.322 e. The average Bonchev–Trinajstić information content (AvgIpc) is 2.95. The van der Waals surface area contributed by atoms with Gasteiger partial charge in [0.1, 0.15) is 5.82 Å². The van der Waals surface area contributed by atoms with E-state index >= 15 is 0 Å². The zero-order chi connectivity index (χ0) is 19.8. The van der Waals surface area contributed by atoms with E-state index in [9.17, 15) is 18.8 Å². The van der Waals surface area contributed by atoms with Gasteiger partial charge in [-0.1, -0.05) is 18.2 Å². The lowest BCUT2D eigenvalue weighted by Gasteiger charge is -2.17. The molecule has 5 nitrogen and oxygen atoms in total. The van der Waals surface area contributed by atoms with Crippen LogP contribution in [0.3, 0.4) is 0 Å². The number of carbonyl (C=O) groups excluding carboxylic acids is 3. The first-order chi connectivity index (χ1) is 13.5. The van der Waals surface area contributed by atoms with Gasteiger partial charge in [-0.3, -0.25) is 14.4 Å². The molecule has 0 saturated carbocycles. The van der Waals surface area contributed by atoms with Crippen LogP contribution in [-0.2, 0) is 0 Å². The van der Waals surface area contributed by atoms with E-state index in [4.69, 9.17) is 0 Å². The van der Waals surface area contributed by atoms with Crippen molar-refractivity contribution in [1.82, 2.24) is 0 Å². The Bertz CT molecular complexity index is 1090. The number of aryl methyl sites for hydroxylation is 1. The summed E-state index contributed by atoms with van der Waals surface area (Å²) in [4.78, 5) is 38.9. The summed E-state index contributed by atoms with van der Waals surface area (Å²) in [5.41, 5.74) is 2.59. The molecule has 138 valence electrons. The quantitative estimate of drug-likeness (QED) is 0.699. The third-order valence-corrected chi connectivity index (χ3v) is 4.63. The Morgan fingerprint density at radius 2 is 1.50 bits per heavy atom. The highest BCUT2D eigenvalue weighted by Crippen LogP contribution is 2.31. The number of hydrogen-bond donors (Lipinski definition) is 1. The second-order valence-corrected chi connectivity index (χ2v) is 6.45. The largest absolute Gasteiger partial charge is 0.322 e. The van der Waals surface area contributed by atoms with Crippen LogP contribution in [0.5, 0.6) is 0 Å². The van der Waals surface area contributed by atoms with Gasteiger partial charge in [-0.15, -0.1) is 0 Å². The van der Waals surface area contributed by atoms with Crippen LogP contribution in [0.4, 0.5) is 15.8 Å². The molecule has 3 aromatic carbocycles. The Kier molecular flexibility index (Phi) is 4.24. The molecule has 1 N–H and O–H groups in total. The molecule has 0 aromatic heterocycles. The van der Waals surface area contributed by atoms with Crippen LogP contribution < -0.4 is 10.2 Å². The van der Waals surface area contributed by atoms with Gasteiger partial charge in [-0.25, -0.2) is 9.29 Å². The average molecular weight is 374 g/mol. The molecule has 6 heteroatoms. The maximum absolute atomic E-state index is 13.1. The number of anilines is 2. The van der Waals surface area contributed by atoms with E-state index in [2.05, 4.69) is 5.32 Å². The first-order valence-corrected chi connectivity index (χ1v) is 8.61. The summed E-state index contributed by atoms with van der Waals surface area (Å²) >= 11 is 0. The molecular weight excluding hydrogens is 359 g/mol. The van der Waals surface area contributed by atoms with E-state index in [1.54, 1.807) is 49.4 Å². The van der Waals surface area contributed by atoms with Crippen molar-refractivity contribution in [3.8, 4) is 0 Å². The van der Waals surface area contributed by atoms with E-state index in [1.165, 1.54) is 24.3 Å². The molecule has 3 amide bonds. The molecule has 0 atom stereocenters. The van der Waals surface area contributed by atoms with Gasteiger partial charge in [0, 0.05) is 11.3 Å². The lowest BCUT2D eigenvalue weighted by molar-refractivity contribution is 0.0925. The van der Waals surface area contributed by atoms with E-state index in [1.807, 2.05) is 0 Å². The van der Waals surface area contributed by atoms with Crippen LogP contribution in [0.1, 0.15) is 36.6 Å². The van der Waals surface area contributed by atoms with Gasteiger partial charge in [0.05, 0.1) is 16.8 Å². The summed E-state index contributed by atoms with van der Waals surface area (Å²) in [6.45, 7) is 1.80. The Balaban J connectivity index is 1.65. The summed E-state index contributed by atoms with van der Waals surface area (Å²) in [5.74, 6) is -1.65. The minimum absolute atomic E-state index is 0.298. The fourth-order valence-electron chi connectivity index (χ4n) is 3.10. The first-order valence-electron chi connectivity index (χ1n) is 8.61. The third kappa shape index (κ3) is 2.95. The molecule has 0 spiro atoms. The van der Waals surface area contributed by atoms with Crippen LogP contribution in [0.25, 0.3) is 0 Å². The summed E-state index contributed by atoms with van der Waals surface area (Å²) in [7, 11) is 0. The van der Waals surface area contributed by atoms with Gasteiger partial charge >= 0.3 is 0 Å². The molecule has 0 bridgehead atoms. The molecule has 0 saturated heterocycles. The Labute approximate surface area is 160 Å². The Morgan fingerprint density at radius 1 is 0.893 bits per heavy atom. The van der Waals surface area contributed by atoms with E-state index in [0.717, 1.165) is 10.5 Å². The van der Waals surface area contributed by atoms with Crippen molar-refractivity contribution in [2.75, 3.05) is 10.2 Å². The van der Waals surface area contributed by atoms with Crippen molar-refractivity contribution in [3.05, 3.63) is 94.8 Å². The van der Waals surface area contributed by atoms with Crippen LogP contribution in [0, 0.1) is 12.7 Å². The summed E-state index contributed by atoms with van der Waals surface area (Å²) in [6.07, 6.45) is 0. The van der Waals surface area contributed by atoms with Crippen LogP contribution in [0.2, 0.25) is 0 Å². The topological polar surface area (TPSA) is 66.5 Å². The molecule has 4 rings (SSSR count). The predicted molar refractivity (Wildman–Crippen MR) is 103 cm³/mol. The maximum Gasteiger partial charge on any atom is 0.266 e. The van der Waals surface area contributed by atoms with Crippen LogP contribution >= 0.6 is 0 Å².